The van der Waals surface area contributed by atoms with Gasteiger partial charge >= 0.3 is 24.1 Å². The normalized spacial score (nSPS) is 15.9. The predicted octanol–water partition coefficient (Wildman–Crippen LogP) is 5.56. The molecule has 0 heterocycles. The van der Waals surface area contributed by atoms with E-state index < -0.39 is 54.0 Å². The number of hydrogen-bond donors (Lipinski definition) is 2. The zero-order valence-electron chi connectivity index (χ0n) is 25.3. The van der Waals surface area contributed by atoms with Gasteiger partial charge in [-0.25, -0.2) is 4.79 Å². The lowest BCUT2D eigenvalue weighted by molar-refractivity contribution is -0.142. The number of carbonyl (C=O) groups is 4. The molecule has 5 unspecified atom stereocenters. The van der Waals surface area contributed by atoms with Crippen LogP contribution in [0.5, 0.6) is 11.5 Å². The molecule has 0 saturated heterocycles. The van der Waals surface area contributed by atoms with Gasteiger partial charge in [0.05, 0.1) is 18.4 Å². The molecule has 1 rings (SSSR count). The maximum atomic E-state index is 12.8. The number of rotatable bonds is 15. The molecule has 0 aliphatic heterocycles. The highest BCUT2D eigenvalue weighted by molar-refractivity contribution is 5.79. The lowest BCUT2D eigenvalue weighted by Crippen LogP contribution is -2.38. The van der Waals surface area contributed by atoms with Gasteiger partial charge in [-0.2, -0.15) is 0 Å². The van der Waals surface area contributed by atoms with Crippen LogP contribution in [0.1, 0.15) is 86.6 Å². The first-order valence-electron chi connectivity index (χ1n) is 14.0. The SMILES string of the molecule is CCC(C)COC(=O)OC(C)CC(c1ccc(OC(=O)C(C)C(C)C)c(OC(=O)C(C)C(C)C)c1)[C@H](N)C(=O)O. The van der Waals surface area contributed by atoms with E-state index in [2.05, 4.69) is 0 Å². The number of nitrogens with two attached hydrogens (primary N) is 1. The van der Waals surface area contributed by atoms with Crippen LogP contribution in [0.4, 0.5) is 4.79 Å². The Balaban J connectivity index is 3.36. The molecule has 10 nitrogen and oxygen atoms in total. The molecule has 0 aromatic heterocycles. The molecule has 40 heavy (non-hydrogen) atoms. The third kappa shape index (κ3) is 10.8. The lowest BCUT2D eigenvalue weighted by atomic mass is 9.87. The predicted molar refractivity (Wildman–Crippen MR) is 150 cm³/mol. The van der Waals surface area contributed by atoms with Crippen LogP contribution >= 0.6 is 0 Å². The summed E-state index contributed by atoms with van der Waals surface area (Å²) in [6, 6.07) is 3.10. The van der Waals surface area contributed by atoms with Crippen molar-refractivity contribution in [3.05, 3.63) is 23.8 Å². The van der Waals surface area contributed by atoms with Gasteiger partial charge in [-0.1, -0.05) is 67.9 Å². The lowest BCUT2D eigenvalue weighted by Gasteiger charge is -2.26. The summed E-state index contributed by atoms with van der Waals surface area (Å²) in [5.74, 6) is -3.78. The second-order valence-corrected chi connectivity index (χ2v) is 11.3. The van der Waals surface area contributed by atoms with E-state index in [0.29, 0.717) is 5.56 Å². The number of esters is 2. The van der Waals surface area contributed by atoms with Crippen molar-refractivity contribution in [3.63, 3.8) is 0 Å². The topological polar surface area (TPSA) is 151 Å². The third-order valence-corrected chi connectivity index (χ3v) is 7.35. The Morgan fingerprint density at radius 2 is 1.38 bits per heavy atom. The molecule has 0 amide bonds. The second kappa shape index (κ2) is 16.2. The Morgan fingerprint density at radius 1 is 0.850 bits per heavy atom. The summed E-state index contributed by atoms with van der Waals surface area (Å²) in [7, 11) is 0. The van der Waals surface area contributed by atoms with Crippen LogP contribution in [0.15, 0.2) is 18.2 Å². The monoisotopic (exact) mass is 565 g/mol. The van der Waals surface area contributed by atoms with E-state index >= 15 is 0 Å². The fourth-order valence-corrected chi connectivity index (χ4v) is 3.46. The van der Waals surface area contributed by atoms with Gasteiger partial charge in [0.2, 0.25) is 0 Å². The molecule has 6 atom stereocenters. The molecule has 1 aromatic carbocycles. The standard InChI is InChI=1S/C30H47NO9/c1-10-18(6)15-37-30(36)38-19(7)13-23(26(31)27(32)33)22-11-12-24(39-28(34)20(8)16(2)3)25(14-22)40-29(35)21(9)17(4)5/h11-12,14,16-21,23,26H,10,13,15,31H2,1-9H3,(H,32,33)/t18?,19?,20?,21?,23?,26-/m0/s1. The van der Waals surface area contributed by atoms with Gasteiger partial charge in [-0.15, -0.1) is 0 Å². The number of carbonyl (C=O) groups excluding carboxylic acids is 3. The van der Waals surface area contributed by atoms with Gasteiger partial charge in [0.15, 0.2) is 11.5 Å². The summed E-state index contributed by atoms with van der Waals surface area (Å²) >= 11 is 0. The van der Waals surface area contributed by atoms with E-state index in [0.717, 1.165) is 6.42 Å². The van der Waals surface area contributed by atoms with Gasteiger partial charge in [0.1, 0.15) is 12.1 Å². The van der Waals surface area contributed by atoms with Crippen molar-refractivity contribution in [1.82, 2.24) is 0 Å². The first-order valence-corrected chi connectivity index (χ1v) is 14.0. The molecular formula is C30H47NO9. The molecule has 0 radical (unpaired) electrons. The van der Waals surface area contributed by atoms with Crippen molar-refractivity contribution in [3.8, 4) is 11.5 Å². The minimum Gasteiger partial charge on any atom is -0.480 e. The van der Waals surface area contributed by atoms with E-state index in [4.69, 9.17) is 24.7 Å². The number of ether oxygens (including phenoxy) is 4. The number of carboxylic acid groups (broad SMARTS) is 1. The molecule has 0 bridgehead atoms. The quantitative estimate of drug-likeness (QED) is 0.204. The molecule has 0 saturated carbocycles. The summed E-state index contributed by atoms with van der Waals surface area (Å²) in [6.07, 6.45) is -0.709. The fraction of sp³-hybridized carbons (Fsp3) is 0.667. The van der Waals surface area contributed by atoms with Gasteiger partial charge in [0.25, 0.3) is 0 Å². The average molecular weight is 566 g/mol. The zero-order chi connectivity index (χ0) is 30.7. The van der Waals surface area contributed by atoms with E-state index in [-0.39, 0.29) is 42.3 Å². The van der Waals surface area contributed by atoms with E-state index in [1.165, 1.54) is 12.1 Å². The first-order chi connectivity index (χ1) is 18.6. The van der Waals surface area contributed by atoms with Crippen molar-refractivity contribution in [2.45, 2.75) is 93.2 Å². The Bertz CT molecular complexity index is 1010. The summed E-state index contributed by atoms with van der Waals surface area (Å²) in [4.78, 5) is 49.6. The highest BCUT2D eigenvalue weighted by Crippen LogP contribution is 2.36. The minimum absolute atomic E-state index is 0.00565. The average Bonchev–Trinajstić information content (AvgIpc) is 2.89. The minimum atomic E-state index is -1.37. The molecule has 3 N–H and O–H groups in total. The maximum Gasteiger partial charge on any atom is 0.508 e. The van der Waals surface area contributed by atoms with Crippen LogP contribution < -0.4 is 15.2 Å². The highest BCUT2D eigenvalue weighted by Gasteiger charge is 2.31. The van der Waals surface area contributed by atoms with Crippen LogP contribution in [0.2, 0.25) is 0 Å². The molecule has 10 heteroatoms. The smallest absolute Gasteiger partial charge is 0.480 e. The molecule has 226 valence electrons. The maximum absolute atomic E-state index is 12.8. The molecule has 0 spiro atoms. The second-order valence-electron chi connectivity index (χ2n) is 11.3. The molecule has 0 fully saturated rings. The van der Waals surface area contributed by atoms with Crippen molar-refractivity contribution in [2.75, 3.05) is 6.61 Å². The molecule has 0 aliphatic carbocycles. The number of hydrogen-bond acceptors (Lipinski definition) is 9. The Labute approximate surface area is 237 Å². The number of carboxylic acids is 1. The van der Waals surface area contributed by atoms with Crippen LogP contribution in [0, 0.1) is 29.6 Å². The molecule has 0 aliphatic rings. The summed E-state index contributed by atoms with van der Waals surface area (Å²) < 4.78 is 21.7. The molecular weight excluding hydrogens is 518 g/mol. The van der Waals surface area contributed by atoms with Crippen LogP contribution in [0.25, 0.3) is 0 Å². The zero-order valence-corrected chi connectivity index (χ0v) is 25.3. The summed E-state index contributed by atoms with van der Waals surface area (Å²) in [6.45, 7) is 16.7. The third-order valence-electron chi connectivity index (χ3n) is 7.35. The van der Waals surface area contributed by atoms with Gasteiger partial charge in [-0.05, 0) is 48.8 Å². The largest absolute Gasteiger partial charge is 0.508 e. The van der Waals surface area contributed by atoms with Crippen molar-refractivity contribution in [1.29, 1.82) is 0 Å². The van der Waals surface area contributed by atoms with Crippen molar-refractivity contribution >= 4 is 24.1 Å². The van der Waals surface area contributed by atoms with Crippen LogP contribution in [-0.4, -0.2) is 47.9 Å². The van der Waals surface area contributed by atoms with E-state index in [9.17, 15) is 24.3 Å². The van der Waals surface area contributed by atoms with Crippen LogP contribution in [-0.2, 0) is 23.9 Å². The van der Waals surface area contributed by atoms with Crippen LogP contribution in [0.3, 0.4) is 0 Å². The highest BCUT2D eigenvalue weighted by atomic mass is 16.7. The van der Waals surface area contributed by atoms with E-state index in [1.807, 2.05) is 41.5 Å². The molecule has 1 aromatic rings. The van der Waals surface area contributed by atoms with E-state index in [1.54, 1.807) is 26.8 Å². The Kier molecular flexibility index (Phi) is 14.1. The van der Waals surface area contributed by atoms with Gasteiger partial charge in [0, 0.05) is 5.92 Å². The fourth-order valence-electron chi connectivity index (χ4n) is 3.46. The van der Waals surface area contributed by atoms with Crippen molar-refractivity contribution in [2.24, 2.45) is 35.3 Å². The van der Waals surface area contributed by atoms with Crippen molar-refractivity contribution < 1.29 is 43.2 Å². The first kappa shape index (κ1) is 34.9. The number of benzene rings is 1. The Morgan fingerprint density at radius 3 is 1.85 bits per heavy atom. The summed E-state index contributed by atoms with van der Waals surface area (Å²) in [5, 5.41) is 9.70. The number of aliphatic carboxylic acids is 1. The summed E-state index contributed by atoms with van der Waals surface area (Å²) in [5.41, 5.74) is 6.47. The van der Waals surface area contributed by atoms with Gasteiger partial charge in [-0.3, -0.25) is 14.4 Å². The van der Waals surface area contributed by atoms with Gasteiger partial charge < -0.3 is 29.8 Å². The Hall–Kier alpha value is -3.14.